The summed E-state index contributed by atoms with van der Waals surface area (Å²) in [5.41, 5.74) is 0.439. The van der Waals surface area contributed by atoms with Gasteiger partial charge in [-0.2, -0.15) is 0 Å². The second-order valence-corrected chi connectivity index (χ2v) is 6.62. The molecule has 2 aliphatic carbocycles. The first-order valence-corrected chi connectivity index (χ1v) is 6.78. The van der Waals surface area contributed by atoms with E-state index >= 15 is 0 Å². The van der Waals surface area contributed by atoms with Crippen LogP contribution in [-0.2, 0) is 9.59 Å². The maximum absolute atomic E-state index is 11.8. The number of amides is 1. The van der Waals surface area contributed by atoms with Crippen molar-refractivity contribution in [3.63, 3.8) is 0 Å². The Balaban J connectivity index is 1.96. The van der Waals surface area contributed by atoms with E-state index in [4.69, 9.17) is 5.11 Å². The van der Waals surface area contributed by atoms with Gasteiger partial charge in [0.25, 0.3) is 0 Å². The van der Waals surface area contributed by atoms with E-state index in [0.29, 0.717) is 5.92 Å². The van der Waals surface area contributed by atoms with Gasteiger partial charge in [0.2, 0.25) is 5.91 Å². The Morgan fingerprint density at radius 2 is 1.94 bits per heavy atom. The van der Waals surface area contributed by atoms with Crippen molar-refractivity contribution >= 4 is 11.9 Å². The number of nitrogens with one attached hydrogen (secondary N) is 1. The van der Waals surface area contributed by atoms with Gasteiger partial charge in [-0.05, 0) is 36.0 Å². The summed E-state index contributed by atoms with van der Waals surface area (Å²) in [7, 11) is 0. The number of carbonyl (C=O) groups is 2. The van der Waals surface area contributed by atoms with Crippen LogP contribution in [0.4, 0.5) is 0 Å². The van der Waals surface area contributed by atoms with Crippen LogP contribution in [0.5, 0.6) is 0 Å². The van der Waals surface area contributed by atoms with Gasteiger partial charge >= 0.3 is 5.97 Å². The topological polar surface area (TPSA) is 66.4 Å². The van der Waals surface area contributed by atoms with Crippen molar-refractivity contribution in [2.24, 2.45) is 16.7 Å². The molecular weight excluding hydrogens is 230 g/mol. The van der Waals surface area contributed by atoms with Gasteiger partial charge in [0.15, 0.2) is 0 Å². The van der Waals surface area contributed by atoms with Crippen LogP contribution >= 0.6 is 0 Å². The Morgan fingerprint density at radius 3 is 2.39 bits per heavy atom. The highest BCUT2D eigenvalue weighted by atomic mass is 16.4. The Hall–Kier alpha value is -1.06. The Morgan fingerprint density at radius 1 is 1.28 bits per heavy atom. The van der Waals surface area contributed by atoms with Gasteiger partial charge in [0.1, 0.15) is 0 Å². The predicted molar refractivity (Wildman–Crippen MR) is 68.0 cm³/mol. The molecule has 0 aromatic carbocycles. The lowest BCUT2D eigenvalue weighted by molar-refractivity contribution is -0.139. The van der Waals surface area contributed by atoms with Crippen molar-refractivity contribution < 1.29 is 14.7 Å². The molecule has 102 valence electrons. The fraction of sp³-hybridized carbons (Fsp3) is 0.857. The maximum Gasteiger partial charge on any atom is 0.303 e. The lowest BCUT2D eigenvalue weighted by Gasteiger charge is -2.39. The van der Waals surface area contributed by atoms with Crippen molar-refractivity contribution in [3.8, 4) is 0 Å². The van der Waals surface area contributed by atoms with E-state index in [1.807, 2.05) is 0 Å². The number of carbonyl (C=O) groups excluding carboxylic acids is 1. The maximum atomic E-state index is 11.8. The quantitative estimate of drug-likeness (QED) is 0.807. The van der Waals surface area contributed by atoms with Gasteiger partial charge in [-0.3, -0.25) is 9.59 Å². The van der Waals surface area contributed by atoms with Crippen LogP contribution in [0, 0.1) is 16.7 Å². The lowest BCUT2D eigenvalue weighted by Crippen LogP contribution is -2.46. The van der Waals surface area contributed by atoms with E-state index in [1.165, 1.54) is 6.42 Å². The molecule has 0 radical (unpaired) electrons. The first-order chi connectivity index (χ1) is 8.27. The zero-order chi connectivity index (χ0) is 13.6. The van der Waals surface area contributed by atoms with Crippen molar-refractivity contribution in [3.05, 3.63) is 0 Å². The molecule has 3 atom stereocenters. The van der Waals surface area contributed by atoms with Crippen molar-refractivity contribution in [1.29, 1.82) is 0 Å². The summed E-state index contributed by atoms with van der Waals surface area (Å²) >= 11 is 0. The summed E-state index contributed by atoms with van der Waals surface area (Å²) in [6.45, 7) is 6.87. The summed E-state index contributed by atoms with van der Waals surface area (Å²) in [5.74, 6) is -0.344. The van der Waals surface area contributed by atoms with Crippen LogP contribution in [0.3, 0.4) is 0 Å². The molecule has 2 fully saturated rings. The van der Waals surface area contributed by atoms with Crippen LogP contribution in [0.25, 0.3) is 0 Å². The molecular formula is C14H23NO3. The summed E-state index contributed by atoms with van der Waals surface area (Å²) in [5, 5.41) is 11.6. The third kappa shape index (κ3) is 1.91. The lowest BCUT2D eigenvalue weighted by atomic mass is 9.69. The van der Waals surface area contributed by atoms with Crippen LogP contribution in [0.2, 0.25) is 0 Å². The molecule has 0 aromatic rings. The molecule has 0 spiro atoms. The summed E-state index contributed by atoms with van der Waals surface area (Å²) in [6, 6.07) is 0.215. The molecule has 2 unspecified atom stereocenters. The smallest absolute Gasteiger partial charge is 0.303 e. The molecule has 2 N–H and O–H groups in total. The average molecular weight is 253 g/mol. The van der Waals surface area contributed by atoms with Gasteiger partial charge in [-0.1, -0.05) is 20.8 Å². The van der Waals surface area contributed by atoms with Gasteiger partial charge in [0, 0.05) is 12.5 Å². The summed E-state index contributed by atoms with van der Waals surface area (Å²) in [6.07, 6.45) is 3.47. The highest BCUT2D eigenvalue weighted by molar-refractivity contribution is 5.80. The molecule has 2 saturated carbocycles. The molecule has 4 heteroatoms. The van der Waals surface area contributed by atoms with Crippen molar-refractivity contribution in [2.75, 3.05) is 0 Å². The first-order valence-electron chi connectivity index (χ1n) is 6.78. The minimum atomic E-state index is -0.912. The molecule has 0 saturated heterocycles. The second-order valence-electron chi connectivity index (χ2n) is 6.62. The Bertz CT molecular complexity index is 377. The minimum absolute atomic E-state index is 0.0813. The van der Waals surface area contributed by atoms with Gasteiger partial charge in [-0.15, -0.1) is 0 Å². The molecule has 2 rings (SSSR count). The van der Waals surface area contributed by atoms with Gasteiger partial charge in [0.05, 0.1) is 6.42 Å². The van der Waals surface area contributed by atoms with Crippen LogP contribution in [-0.4, -0.2) is 23.0 Å². The van der Waals surface area contributed by atoms with Gasteiger partial charge in [-0.25, -0.2) is 0 Å². The number of carboxylic acids is 1. The molecule has 2 aliphatic rings. The predicted octanol–water partition coefficient (Wildman–Crippen LogP) is 2.18. The van der Waals surface area contributed by atoms with E-state index in [9.17, 15) is 9.59 Å². The Kier molecular flexibility index (Phi) is 3.16. The zero-order valence-electron chi connectivity index (χ0n) is 11.5. The van der Waals surface area contributed by atoms with Crippen LogP contribution in [0.1, 0.15) is 52.9 Å². The number of rotatable bonds is 4. The zero-order valence-corrected chi connectivity index (χ0v) is 11.5. The highest BCUT2D eigenvalue weighted by Gasteiger charge is 2.61. The largest absolute Gasteiger partial charge is 0.481 e. The third-order valence-corrected chi connectivity index (χ3v) is 5.70. The van der Waals surface area contributed by atoms with E-state index in [-0.39, 0.29) is 35.6 Å². The van der Waals surface area contributed by atoms with E-state index in [2.05, 4.69) is 26.1 Å². The normalized spacial score (nSPS) is 36.6. The molecule has 2 bridgehead atoms. The number of carboxylic acid groups (broad SMARTS) is 1. The SMILES string of the molecule is CC1(C)C2CCC1(C)[C@H](NC(=O)CCC(=O)O)C2. The first kappa shape index (κ1) is 13.4. The van der Waals surface area contributed by atoms with Crippen molar-refractivity contribution in [2.45, 2.75) is 58.9 Å². The fourth-order valence-corrected chi connectivity index (χ4v) is 3.91. The molecule has 18 heavy (non-hydrogen) atoms. The van der Waals surface area contributed by atoms with Crippen LogP contribution in [0.15, 0.2) is 0 Å². The standard InChI is InChI=1S/C14H23NO3/c1-13(2)9-6-7-14(13,3)10(8-9)15-11(16)4-5-12(17)18/h9-10H,4-8H2,1-3H3,(H,15,16)(H,17,18)/t9?,10-,14?/m1/s1. The highest BCUT2D eigenvalue weighted by Crippen LogP contribution is 2.65. The summed E-state index contributed by atoms with van der Waals surface area (Å²) < 4.78 is 0. The Labute approximate surface area is 108 Å². The van der Waals surface area contributed by atoms with Crippen molar-refractivity contribution in [1.82, 2.24) is 5.32 Å². The van der Waals surface area contributed by atoms with E-state index < -0.39 is 5.97 Å². The second kappa shape index (κ2) is 4.25. The number of hydrogen-bond acceptors (Lipinski definition) is 2. The molecule has 1 amide bonds. The number of fused-ring (bicyclic) bond motifs is 2. The van der Waals surface area contributed by atoms with Crippen LogP contribution < -0.4 is 5.32 Å². The molecule has 0 aliphatic heterocycles. The van der Waals surface area contributed by atoms with Gasteiger partial charge < -0.3 is 10.4 Å². The van der Waals surface area contributed by atoms with E-state index in [0.717, 1.165) is 12.8 Å². The molecule has 0 aromatic heterocycles. The van der Waals surface area contributed by atoms with E-state index in [1.54, 1.807) is 0 Å². The monoisotopic (exact) mass is 253 g/mol. The summed E-state index contributed by atoms with van der Waals surface area (Å²) in [4.78, 5) is 22.2. The minimum Gasteiger partial charge on any atom is -0.481 e. The molecule has 0 heterocycles. The fourth-order valence-electron chi connectivity index (χ4n) is 3.91. The number of aliphatic carboxylic acids is 1. The average Bonchev–Trinajstić information content (AvgIpc) is 2.59. The number of hydrogen-bond donors (Lipinski definition) is 2. The third-order valence-electron chi connectivity index (χ3n) is 5.70. The molecule has 4 nitrogen and oxygen atoms in total.